The van der Waals surface area contributed by atoms with Crippen LogP contribution in [0.5, 0.6) is 0 Å². The summed E-state index contributed by atoms with van der Waals surface area (Å²) in [5.41, 5.74) is 5.94. The summed E-state index contributed by atoms with van der Waals surface area (Å²) in [4.78, 5) is 97.7. The predicted octanol–water partition coefficient (Wildman–Crippen LogP) is 15.1. The molecule has 5 aromatic rings. The van der Waals surface area contributed by atoms with Crippen LogP contribution >= 0.6 is 0 Å². The Morgan fingerprint density at radius 2 is 0.869 bits per heavy atom. The molecule has 0 spiro atoms. The Morgan fingerprint density at radius 3 is 1.22 bits per heavy atom. The van der Waals surface area contributed by atoms with Gasteiger partial charge >= 0.3 is 35.8 Å². The van der Waals surface area contributed by atoms with Crippen LogP contribution in [0.2, 0.25) is 36.3 Å². The zero-order valence-electron chi connectivity index (χ0n) is 80.4. The summed E-state index contributed by atoms with van der Waals surface area (Å²) in [6, 6.07) is 25.9. The highest BCUT2D eigenvalue weighted by atomic mass is 32.2. The number of benzene rings is 1. The fraction of sp³-hybridized carbons (Fsp3) is 0.541. The number of carbonyl (C=O) groups is 7. The average molecular weight is 1860 g/mol. The number of sulfone groups is 1. The lowest BCUT2D eigenvalue weighted by Gasteiger charge is -2.40. The Labute approximate surface area is 772 Å². The van der Waals surface area contributed by atoms with Crippen LogP contribution in [-0.2, 0) is 99.9 Å². The summed E-state index contributed by atoms with van der Waals surface area (Å²) in [6.07, 6.45) is 26.2. The standard InChI is InChI=1S/C32H49NO6Si.C26H35NO6.C25H42O7Si.C14H13N5O2S.CH5N/c1-23(14-10-11-15-26-16-12-13-21-33-26)30-24(2)17-18-28(37-25(3)34)32(7,36)20-19-27(22-29(35)38-30)39-40(8,9)31(4,5)6;1-18(9-5-6-10-21-11-7-8-16-27-21)25-19(2)12-13-23(32-20(3)28)26(4,31)15-14-22(29)17-24(30)33-25;1-17-10-11-21(30-19(3)27)25(7,29)14-12-20(32-33(8,9)24(4,5)6)16-22(28)31-23(17)18(2)13-15-26;20-22(21,11-9-12-6-4-5-10-15-12)14-16-17-18-19(14)13-7-2-1-3-8-13;1-2/h10-14,16-18,21,24,27-28,30,36H,15,19-20,22H2,1-9H3;5-9,11-13,16,19,22-23,25,29,31H,10,14-15,17H2,1-4H3;10-11,13,15,17,20-21,23,29H,12,14,16H2,1-9H3;1-8,10H,9,11H2;2H2,1H3/b11-10+,18-17+,23-14+;6-5+,13-12+,18-9+;11-10+,18-13+;;/t24-,27+,28-,30+,32+;19-,22+,23-,25+,26+;17-,20+,21-,23-,25+;;/m000../s1. The smallest absolute Gasteiger partial charge is 0.309 e. The molecule has 6 N–H and O–H groups in total. The third kappa shape index (κ3) is 39.0. The number of rotatable bonds is 22. The van der Waals surface area contributed by atoms with Crippen molar-refractivity contribution >= 4 is 68.6 Å². The summed E-state index contributed by atoms with van der Waals surface area (Å²) < 4.78 is 73.2. The van der Waals surface area contributed by atoms with Crippen molar-refractivity contribution in [1.29, 1.82) is 0 Å². The first kappa shape index (κ1) is 113. The first-order valence-corrected chi connectivity index (χ1v) is 51.7. The number of allylic oxidation sites excluding steroid dienone is 7. The van der Waals surface area contributed by atoms with Crippen LogP contribution in [0.25, 0.3) is 5.69 Å². The minimum atomic E-state index is -3.61. The van der Waals surface area contributed by atoms with Crippen LogP contribution in [0.3, 0.4) is 0 Å². The Kier molecular flexibility index (Phi) is 46.0. The van der Waals surface area contributed by atoms with E-state index in [0.717, 1.165) is 22.5 Å². The van der Waals surface area contributed by atoms with Gasteiger partial charge in [0, 0.05) is 93.5 Å². The third-order valence-electron chi connectivity index (χ3n) is 23.2. The number of cyclic esters (lactones) is 3. The molecule has 0 aliphatic carbocycles. The number of nitrogens with zero attached hydrogens (tertiary/aromatic N) is 7. The van der Waals surface area contributed by atoms with E-state index in [4.69, 9.17) is 37.3 Å². The normalized spacial score (nSPS) is 26.5. The van der Waals surface area contributed by atoms with Crippen LogP contribution in [0.1, 0.15) is 199 Å². The molecule has 8 rings (SSSR count). The van der Waals surface area contributed by atoms with Gasteiger partial charge in [0.2, 0.25) is 9.84 Å². The highest BCUT2D eigenvalue weighted by molar-refractivity contribution is 7.91. The summed E-state index contributed by atoms with van der Waals surface area (Å²) in [6.45, 7) is 41.3. The monoisotopic (exact) mass is 1860 g/mol. The number of aryl methyl sites for hydroxylation is 1. The molecule has 0 unspecified atom stereocenters. The van der Waals surface area contributed by atoms with Gasteiger partial charge in [0.25, 0.3) is 5.16 Å². The predicted molar refractivity (Wildman–Crippen MR) is 506 cm³/mol. The number of hydrogen-bond donors (Lipinski definition) is 5. The fourth-order valence-electron chi connectivity index (χ4n) is 13.5. The largest absolute Gasteiger partial charge is 0.457 e. The Hall–Kier alpha value is -9.75. The molecular weight excluding hydrogens is 1710 g/mol. The Bertz CT molecular complexity index is 4750. The molecule has 0 saturated carbocycles. The van der Waals surface area contributed by atoms with Gasteiger partial charge in [-0.05, 0) is 223 Å². The lowest BCUT2D eigenvalue weighted by molar-refractivity contribution is -0.158. The minimum absolute atomic E-state index is 0.0299. The second kappa shape index (κ2) is 53.1. The van der Waals surface area contributed by atoms with Crippen molar-refractivity contribution in [3.63, 3.8) is 0 Å². The Balaban J connectivity index is 0.000000366. The third-order valence-corrected chi connectivity index (χ3v) is 33.8. The lowest BCUT2D eigenvalue weighted by Crippen LogP contribution is -2.46. The van der Waals surface area contributed by atoms with Gasteiger partial charge in [-0.3, -0.25) is 48.5 Å². The molecule has 4 aromatic heterocycles. The highest BCUT2D eigenvalue weighted by Crippen LogP contribution is 2.41. The van der Waals surface area contributed by atoms with Crippen LogP contribution in [0.15, 0.2) is 204 Å². The number of ether oxygens (including phenoxy) is 6. The number of carbonyl (C=O) groups excluding carboxylic acids is 7. The molecule has 7 heterocycles. The van der Waals surface area contributed by atoms with E-state index in [1.165, 1.54) is 38.6 Å². The molecule has 3 aliphatic heterocycles. The van der Waals surface area contributed by atoms with Crippen LogP contribution in [0.4, 0.5) is 0 Å². The van der Waals surface area contributed by atoms with Crippen LogP contribution in [0, 0.1) is 17.8 Å². The number of tetrazole rings is 1. The molecule has 0 fully saturated rings. The van der Waals surface area contributed by atoms with E-state index in [9.17, 15) is 62.4 Å². The van der Waals surface area contributed by atoms with E-state index in [-0.39, 0.29) is 83.2 Å². The number of hydrogen-bond acceptors (Lipinski definition) is 28. The Morgan fingerprint density at radius 1 is 0.523 bits per heavy atom. The summed E-state index contributed by atoms with van der Waals surface area (Å²) in [7, 11) is -6.54. The van der Waals surface area contributed by atoms with Gasteiger partial charge in [0.15, 0.2) is 16.6 Å². The first-order chi connectivity index (χ1) is 60.8. The molecule has 1 aromatic carbocycles. The molecule has 15 atom stereocenters. The van der Waals surface area contributed by atoms with Crippen molar-refractivity contribution in [3.05, 3.63) is 216 Å². The highest BCUT2D eigenvalue weighted by Gasteiger charge is 2.45. The number of para-hydroxylation sites is 1. The van der Waals surface area contributed by atoms with Gasteiger partial charge in [-0.1, -0.05) is 158 Å². The summed E-state index contributed by atoms with van der Waals surface area (Å²) in [5, 5.41) is 54.4. The van der Waals surface area contributed by atoms with E-state index in [2.05, 4.69) is 104 Å². The van der Waals surface area contributed by atoms with E-state index in [1.54, 1.807) is 113 Å². The molecule has 29 nitrogen and oxygen atoms in total. The number of nitrogens with two attached hydrogens (primary N) is 1. The molecule has 0 radical (unpaired) electrons. The number of esters is 6. The van der Waals surface area contributed by atoms with Gasteiger partial charge in [-0.15, -0.1) is 0 Å². The fourth-order valence-corrected chi connectivity index (χ4v) is 17.5. The molecule has 32 heteroatoms. The van der Waals surface area contributed by atoms with E-state index < -0.39 is 128 Å². The van der Waals surface area contributed by atoms with E-state index >= 15 is 0 Å². The number of aldehydes is 1. The summed E-state index contributed by atoms with van der Waals surface area (Å²) >= 11 is 0. The maximum absolute atomic E-state index is 13.3. The second-order valence-electron chi connectivity index (χ2n) is 36.9. The molecule has 716 valence electrons. The number of aliphatic hydroxyl groups excluding tert-OH is 1. The lowest BCUT2D eigenvalue weighted by atomic mass is 9.88. The van der Waals surface area contributed by atoms with Crippen LogP contribution in [-0.4, -0.2) is 207 Å². The topological polar surface area (TPSA) is 417 Å². The molecular formula is C98H144N8O21SSi2. The molecule has 3 aliphatic rings. The van der Waals surface area contributed by atoms with Crippen molar-refractivity contribution in [3.8, 4) is 5.69 Å². The zero-order chi connectivity index (χ0) is 97.6. The van der Waals surface area contributed by atoms with E-state index in [0.29, 0.717) is 61.8 Å². The van der Waals surface area contributed by atoms with E-state index in [1.807, 2.05) is 126 Å². The minimum Gasteiger partial charge on any atom is -0.457 e. The SMILES string of the molecule is CC(=O)O[C@H]1/C=C/[C@H](C)[C@@H](/C(C)=C/C=C/Cc2ccccn2)OC(=O)C[C@H](O)CC[C@@]1(C)O.CC(=O)O[C@H]1/C=C/[C@H](C)[C@@H](/C(C)=C/C=C/Cc2ccccn2)OC(=O)C[C@H](O[Si](C)(C)C(C)(C)C)CC[C@@]1(C)O.CC(=O)O[C@H]1/C=C/[C@H](C)[C@@H](/C(C)=C/C=O)OC(=O)C[C@H](O[Si](C)(C)C(C)(C)C)CC[C@@]1(C)O.CN.O=S(=O)(CCc1ccccn1)c1nnnn1-c1ccccc1. The number of pyridine rings is 3. The van der Waals surface area contributed by atoms with Gasteiger partial charge in [-0.2, -0.15) is 4.68 Å². The van der Waals surface area contributed by atoms with Gasteiger partial charge in [-0.25, -0.2) is 8.42 Å². The number of aliphatic hydroxyl groups is 4. The van der Waals surface area contributed by atoms with Crippen molar-refractivity contribution in [1.82, 2.24) is 35.2 Å². The second-order valence-corrected chi connectivity index (χ2v) is 48.4. The van der Waals surface area contributed by atoms with Crippen molar-refractivity contribution in [2.75, 3.05) is 12.8 Å². The molecule has 0 saturated heterocycles. The van der Waals surface area contributed by atoms with Gasteiger partial charge < -0.3 is 63.4 Å². The molecule has 0 bridgehead atoms. The zero-order valence-corrected chi connectivity index (χ0v) is 83.2. The maximum Gasteiger partial charge on any atom is 0.309 e. The first-order valence-electron chi connectivity index (χ1n) is 44.2. The molecule has 130 heavy (non-hydrogen) atoms. The van der Waals surface area contributed by atoms with Gasteiger partial charge in [0.1, 0.15) is 59.7 Å². The number of aromatic nitrogens is 7. The quantitative estimate of drug-likeness (QED) is 0.00817. The summed E-state index contributed by atoms with van der Waals surface area (Å²) in [5.74, 6) is -3.67. The van der Waals surface area contributed by atoms with Crippen molar-refractivity contribution in [2.24, 2.45) is 23.5 Å². The maximum atomic E-state index is 13.3. The van der Waals surface area contributed by atoms with Crippen molar-refractivity contribution < 1.29 is 99.7 Å². The van der Waals surface area contributed by atoms with Crippen LogP contribution < -0.4 is 5.73 Å². The van der Waals surface area contributed by atoms with Crippen molar-refractivity contribution in [2.45, 2.75) is 315 Å². The molecule has 0 amide bonds. The average Bonchev–Trinajstić information content (AvgIpc) is 1.33. The van der Waals surface area contributed by atoms with Gasteiger partial charge in [0.05, 0.1) is 49.0 Å².